The molecule has 0 aliphatic rings. The van der Waals surface area contributed by atoms with Crippen LogP contribution in [-0.2, 0) is 20.7 Å². The lowest BCUT2D eigenvalue weighted by molar-refractivity contribution is -0.151. The van der Waals surface area contributed by atoms with Crippen LogP contribution in [0.4, 0.5) is 5.69 Å². The van der Waals surface area contributed by atoms with E-state index in [4.69, 9.17) is 21.1 Å². The molecule has 0 bridgehead atoms. The molecule has 9 nitrogen and oxygen atoms in total. The van der Waals surface area contributed by atoms with Crippen LogP contribution < -0.4 is 10.1 Å². The summed E-state index contributed by atoms with van der Waals surface area (Å²) >= 11 is 6.03. The molecule has 1 amide bonds. The largest absolute Gasteiger partial charge is 0.495 e. The van der Waals surface area contributed by atoms with Gasteiger partial charge < -0.3 is 14.8 Å². The van der Waals surface area contributed by atoms with E-state index in [1.807, 2.05) is 30.3 Å². The van der Waals surface area contributed by atoms with Gasteiger partial charge in [0.1, 0.15) is 12.1 Å². The van der Waals surface area contributed by atoms with E-state index in [0.717, 1.165) is 5.56 Å². The minimum absolute atomic E-state index is 0.320. The lowest BCUT2D eigenvalue weighted by Gasteiger charge is -2.15. The van der Waals surface area contributed by atoms with Crippen molar-refractivity contribution < 1.29 is 19.1 Å². The van der Waals surface area contributed by atoms with Crippen LogP contribution in [0.2, 0.25) is 5.02 Å². The number of amides is 1. The Morgan fingerprint density at radius 1 is 1.21 bits per heavy atom. The number of esters is 1. The summed E-state index contributed by atoms with van der Waals surface area (Å²) in [5.74, 6) is -0.639. The average molecular weight is 416 g/mol. The third kappa shape index (κ3) is 5.52. The van der Waals surface area contributed by atoms with Crippen molar-refractivity contribution in [2.45, 2.75) is 12.5 Å². The van der Waals surface area contributed by atoms with Crippen molar-refractivity contribution >= 4 is 29.2 Å². The van der Waals surface area contributed by atoms with Gasteiger partial charge in [0.25, 0.3) is 5.91 Å². The SMILES string of the molecule is COc1ccc(NC(=O)COC(=O)[C@@H](Cc2ccccc2)n2cnnn2)cc1Cl. The molecule has 0 radical (unpaired) electrons. The van der Waals surface area contributed by atoms with Crippen LogP contribution in [0.5, 0.6) is 5.75 Å². The smallest absolute Gasteiger partial charge is 0.331 e. The van der Waals surface area contributed by atoms with Crippen LogP contribution in [0.25, 0.3) is 0 Å². The van der Waals surface area contributed by atoms with Gasteiger partial charge in [-0.2, -0.15) is 0 Å². The zero-order chi connectivity index (χ0) is 20.6. The van der Waals surface area contributed by atoms with Crippen LogP contribution in [0, 0.1) is 0 Å². The minimum atomic E-state index is -0.796. The second kappa shape index (κ2) is 9.65. The summed E-state index contributed by atoms with van der Waals surface area (Å²) in [7, 11) is 1.50. The quantitative estimate of drug-likeness (QED) is 0.562. The number of nitrogens with one attached hydrogen (secondary N) is 1. The van der Waals surface area contributed by atoms with Crippen molar-refractivity contribution in [3.63, 3.8) is 0 Å². The number of rotatable bonds is 8. The number of tetrazole rings is 1. The molecule has 150 valence electrons. The van der Waals surface area contributed by atoms with E-state index < -0.39 is 24.5 Å². The second-order valence-electron chi connectivity index (χ2n) is 6.00. The lowest BCUT2D eigenvalue weighted by atomic mass is 10.1. The third-order valence-corrected chi connectivity index (χ3v) is 4.30. The number of aromatic nitrogens is 4. The van der Waals surface area contributed by atoms with Crippen molar-refractivity contribution in [3.8, 4) is 5.75 Å². The van der Waals surface area contributed by atoms with Gasteiger partial charge in [-0.05, 0) is 34.2 Å². The predicted molar refractivity (Wildman–Crippen MR) is 105 cm³/mol. The normalized spacial score (nSPS) is 11.5. The Morgan fingerprint density at radius 3 is 2.66 bits per heavy atom. The Morgan fingerprint density at radius 2 is 2.00 bits per heavy atom. The zero-order valence-corrected chi connectivity index (χ0v) is 16.2. The molecule has 0 aliphatic carbocycles. The fourth-order valence-electron chi connectivity index (χ4n) is 2.61. The highest BCUT2D eigenvalue weighted by Gasteiger charge is 2.24. The van der Waals surface area contributed by atoms with Gasteiger partial charge in [0, 0.05) is 12.1 Å². The first-order valence-electron chi connectivity index (χ1n) is 8.63. The fraction of sp³-hybridized carbons (Fsp3) is 0.211. The van der Waals surface area contributed by atoms with E-state index in [1.165, 1.54) is 18.1 Å². The third-order valence-electron chi connectivity index (χ3n) is 4.01. The zero-order valence-electron chi connectivity index (χ0n) is 15.5. The maximum Gasteiger partial charge on any atom is 0.331 e. The number of halogens is 1. The highest BCUT2D eigenvalue weighted by atomic mass is 35.5. The molecule has 10 heteroatoms. The number of ether oxygens (including phenoxy) is 2. The number of hydrogen-bond donors (Lipinski definition) is 1. The number of methoxy groups -OCH3 is 1. The summed E-state index contributed by atoms with van der Waals surface area (Å²) in [6.45, 7) is -0.462. The van der Waals surface area contributed by atoms with Crippen molar-refractivity contribution in [2.75, 3.05) is 19.0 Å². The van der Waals surface area contributed by atoms with Crippen molar-refractivity contribution in [1.29, 1.82) is 0 Å². The molecular formula is C19H18ClN5O4. The molecule has 29 heavy (non-hydrogen) atoms. The summed E-state index contributed by atoms with van der Waals surface area (Å²) in [6, 6.07) is 13.4. The molecule has 1 heterocycles. The molecule has 2 aromatic carbocycles. The Bertz CT molecular complexity index is 966. The minimum Gasteiger partial charge on any atom is -0.495 e. The molecule has 0 saturated carbocycles. The van der Waals surface area contributed by atoms with Crippen molar-refractivity contribution in [1.82, 2.24) is 20.2 Å². The van der Waals surface area contributed by atoms with E-state index in [1.54, 1.807) is 18.2 Å². The number of carbonyl (C=O) groups is 2. The van der Waals surface area contributed by atoms with E-state index in [0.29, 0.717) is 22.9 Å². The van der Waals surface area contributed by atoms with E-state index >= 15 is 0 Å². The fourth-order valence-corrected chi connectivity index (χ4v) is 2.87. The van der Waals surface area contributed by atoms with E-state index in [-0.39, 0.29) is 0 Å². The highest BCUT2D eigenvalue weighted by molar-refractivity contribution is 6.32. The molecule has 3 aromatic rings. The summed E-state index contributed by atoms with van der Waals surface area (Å²) in [5, 5.41) is 13.9. The number of anilines is 1. The molecule has 1 N–H and O–H groups in total. The second-order valence-corrected chi connectivity index (χ2v) is 6.41. The van der Waals surface area contributed by atoms with E-state index in [9.17, 15) is 9.59 Å². The van der Waals surface area contributed by atoms with Crippen LogP contribution in [-0.4, -0.2) is 45.8 Å². The van der Waals surface area contributed by atoms with Gasteiger partial charge in [0.05, 0.1) is 12.1 Å². The van der Waals surface area contributed by atoms with Gasteiger partial charge in [0.15, 0.2) is 12.6 Å². The van der Waals surface area contributed by atoms with Gasteiger partial charge in [-0.1, -0.05) is 41.9 Å². The summed E-state index contributed by atoms with van der Waals surface area (Å²) in [5.41, 5.74) is 1.36. The Hall–Kier alpha value is -3.46. The first-order chi connectivity index (χ1) is 14.1. The van der Waals surface area contributed by atoms with Crippen molar-refractivity contribution in [3.05, 3.63) is 65.4 Å². The standard InChI is InChI=1S/C19H18ClN5O4/c1-28-17-8-7-14(10-15(17)20)22-18(26)11-29-19(27)16(25-12-21-23-24-25)9-13-5-3-2-4-6-13/h2-8,10,12,16H,9,11H2,1H3,(H,22,26)/t16-/m1/s1. The number of benzene rings is 2. The molecule has 0 aliphatic heterocycles. The lowest BCUT2D eigenvalue weighted by Crippen LogP contribution is -2.28. The monoisotopic (exact) mass is 415 g/mol. The van der Waals surface area contributed by atoms with Crippen LogP contribution >= 0.6 is 11.6 Å². The molecular weight excluding hydrogens is 398 g/mol. The molecule has 0 saturated heterocycles. The molecule has 1 aromatic heterocycles. The maximum atomic E-state index is 12.6. The molecule has 0 fully saturated rings. The van der Waals surface area contributed by atoms with Gasteiger partial charge >= 0.3 is 5.97 Å². The molecule has 0 spiro atoms. The van der Waals surface area contributed by atoms with Gasteiger partial charge in [-0.25, -0.2) is 9.48 Å². The van der Waals surface area contributed by atoms with Crippen LogP contribution in [0.3, 0.4) is 0 Å². The summed E-state index contributed by atoms with van der Waals surface area (Å²) < 4.78 is 11.5. The number of nitrogens with zero attached hydrogens (tertiary/aromatic N) is 4. The Labute approximate surface area is 171 Å². The van der Waals surface area contributed by atoms with Crippen LogP contribution in [0.15, 0.2) is 54.9 Å². The average Bonchev–Trinajstić information content (AvgIpc) is 3.26. The summed E-state index contributed by atoms with van der Waals surface area (Å²) in [6.07, 6.45) is 1.65. The van der Waals surface area contributed by atoms with E-state index in [2.05, 4.69) is 20.8 Å². The topological polar surface area (TPSA) is 108 Å². The van der Waals surface area contributed by atoms with Crippen molar-refractivity contribution in [2.24, 2.45) is 0 Å². The molecule has 3 rings (SSSR count). The maximum absolute atomic E-state index is 12.6. The number of hydrogen-bond acceptors (Lipinski definition) is 7. The van der Waals surface area contributed by atoms with Gasteiger partial charge in [-0.3, -0.25) is 4.79 Å². The first-order valence-corrected chi connectivity index (χ1v) is 9.01. The molecule has 0 unspecified atom stereocenters. The molecule has 1 atom stereocenters. The predicted octanol–water partition coefficient (Wildman–Crippen LogP) is 2.30. The number of carbonyl (C=O) groups excluding carboxylic acids is 2. The summed E-state index contributed by atoms with van der Waals surface area (Å²) in [4.78, 5) is 24.7. The highest BCUT2D eigenvalue weighted by Crippen LogP contribution is 2.27. The first kappa shape index (κ1) is 20.3. The Kier molecular flexibility index (Phi) is 6.75. The Balaban J connectivity index is 1.60. The van der Waals surface area contributed by atoms with Gasteiger partial charge in [0.2, 0.25) is 0 Å². The van der Waals surface area contributed by atoms with Crippen LogP contribution in [0.1, 0.15) is 11.6 Å². The van der Waals surface area contributed by atoms with Gasteiger partial charge in [-0.15, -0.1) is 5.10 Å².